The Labute approximate surface area is 164 Å². The summed E-state index contributed by atoms with van der Waals surface area (Å²) in [6.07, 6.45) is 2.43. The molecule has 1 fully saturated rings. The minimum absolute atomic E-state index is 0.0938. The van der Waals surface area contributed by atoms with E-state index in [2.05, 4.69) is 6.58 Å². The van der Waals surface area contributed by atoms with Gasteiger partial charge >= 0.3 is 5.97 Å². The van der Waals surface area contributed by atoms with Crippen molar-refractivity contribution in [3.05, 3.63) is 36.4 Å². The summed E-state index contributed by atoms with van der Waals surface area (Å²) in [5.74, 6) is -0.892. The van der Waals surface area contributed by atoms with Crippen LogP contribution in [0.1, 0.15) is 23.2 Å². The molecule has 1 aromatic carbocycles. The van der Waals surface area contributed by atoms with Crippen molar-refractivity contribution < 1.29 is 29.0 Å². The maximum atomic E-state index is 12.8. The first-order chi connectivity index (χ1) is 13.4. The van der Waals surface area contributed by atoms with Gasteiger partial charge in [-0.15, -0.1) is 0 Å². The number of carboxylic acids is 1. The normalized spacial score (nSPS) is 14.3. The number of benzene rings is 1. The summed E-state index contributed by atoms with van der Waals surface area (Å²) in [5, 5.41) is 9.05. The number of aliphatic carboxylic acids is 1. The van der Waals surface area contributed by atoms with E-state index >= 15 is 0 Å². The zero-order valence-corrected chi connectivity index (χ0v) is 16.2. The molecule has 0 aliphatic carbocycles. The molecule has 8 nitrogen and oxygen atoms in total. The molecule has 1 aliphatic heterocycles. The van der Waals surface area contributed by atoms with Crippen LogP contribution in [0, 0.1) is 5.92 Å². The van der Waals surface area contributed by atoms with Crippen LogP contribution in [0.3, 0.4) is 0 Å². The van der Waals surface area contributed by atoms with Crippen LogP contribution in [-0.2, 0) is 9.59 Å². The zero-order chi connectivity index (χ0) is 20.7. The second-order valence-electron chi connectivity index (χ2n) is 6.62. The molecular formula is C20H26N2O6. The molecule has 0 radical (unpaired) electrons. The van der Waals surface area contributed by atoms with E-state index in [0.29, 0.717) is 43.0 Å². The Kier molecular flexibility index (Phi) is 7.43. The van der Waals surface area contributed by atoms with Crippen molar-refractivity contribution >= 4 is 17.8 Å². The van der Waals surface area contributed by atoms with E-state index in [0.717, 1.165) is 0 Å². The monoisotopic (exact) mass is 390 g/mol. The summed E-state index contributed by atoms with van der Waals surface area (Å²) in [7, 11) is 3.07. The van der Waals surface area contributed by atoms with E-state index in [-0.39, 0.29) is 25.0 Å². The number of amides is 2. The largest absolute Gasteiger partial charge is 0.497 e. The van der Waals surface area contributed by atoms with Gasteiger partial charge in [-0.2, -0.15) is 0 Å². The number of hydrogen-bond donors (Lipinski definition) is 1. The average Bonchev–Trinajstić information content (AvgIpc) is 2.71. The fraction of sp³-hybridized carbons (Fsp3) is 0.450. The van der Waals surface area contributed by atoms with Gasteiger partial charge in [0, 0.05) is 26.2 Å². The van der Waals surface area contributed by atoms with Crippen LogP contribution >= 0.6 is 0 Å². The highest BCUT2D eigenvalue weighted by Crippen LogP contribution is 2.26. The van der Waals surface area contributed by atoms with Crippen molar-refractivity contribution in [1.29, 1.82) is 0 Å². The minimum atomic E-state index is -0.828. The molecule has 28 heavy (non-hydrogen) atoms. The average molecular weight is 390 g/mol. The number of carbonyl (C=O) groups is 3. The summed E-state index contributed by atoms with van der Waals surface area (Å²) >= 11 is 0. The second-order valence-corrected chi connectivity index (χ2v) is 6.62. The van der Waals surface area contributed by atoms with Gasteiger partial charge in [0.25, 0.3) is 5.91 Å². The lowest BCUT2D eigenvalue weighted by Crippen LogP contribution is -2.45. The Balaban J connectivity index is 2.03. The lowest BCUT2D eigenvalue weighted by molar-refractivity contribution is -0.145. The maximum Gasteiger partial charge on any atom is 0.306 e. The molecule has 0 spiro atoms. The fourth-order valence-corrected chi connectivity index (χ4v) is 3.03. The van der Waals surface area contributed by atoms with Crippen molar-refractivity contribution in [3.63, 3.8) is 0 Å². The van der Waals surface area contributed by atoms with Gasteiger partial charge in [-0.1, -0.05) is 12.7 Å². The number of carboxylic acid groups (broad SMARTS) is 1. The van der Waals surface area contributed by atoms with E-state index < -0.39 is 11.9 Å². The van der Waals surface area contributed by atoms with Gasteiger partial charge in [-0.3, -0.25) is 14.4 Å². The summed E-state index contributed by atoms with van der Waals surface area (Å²) in [6, 6.07) is 4.86. The first kappa shape index (κ1) is 21.3. The predicted octanol–water partition coefficient (Wildman–Crippen LogP) is 1.66. The highest BCUT2D eigenvalue weighted by atomic mass is 16.5. The topological polar surface area (TPSA) is 96.4 Å². The molecule has 2 amide bonds. The summed E-state index contributed by atoms with van der Waals surface area (Å²) in [6.45, 7) is 4.50. The number of nitrogens with zero attached hydrogens (tertiary/aromatic N) is 2. The minimum Gasteiger partial charge on any atom is -0.497 e. The van der Waals surface area contributed by atoms with Crippen molar-refractivity contribution in [3.8, 4) is 11.5 Å². The molecule has 1 N–H and O–H groups in total. The third kappa shape index (κ3) is 5.25. The van der Waals surface area contributed by atoms with Crippen LogP contribution in [0.5, 0.6) is 11.5 Å². The first-order valence-corrected chi connectivity index (χ1v) is 9.05. The van der Waals surface area contributed by atoms with Crippen LogP contribution in [0.25, 0.3) is 0 Å². The molecule has 1 saturated heterocycles. The van der Waals surface area contributed by atoms with Gasteiger partial charge in [0.05, 0.1) is 25.1 Å². The number of likely N-dealkylation sites (tertiary alicyclic amines) is 1. The number of hydrogen-bond acceptors (Lipinski definition) is 5. The van der Waals surface area contributed by atoms with Crippen LogP contribution < -0.4 is 9.47 Å². The molecule has 0 aromatic heterocycles. The maximum absolute atomic E-state index is 12.8. The highest BCUT2D eigenvalue weighted by molar-refractivity contribution is 5.98. The van der Waals surface area contributed by atoms with Gasteiger partial charge in [0.2, 0.25) is 5.91 Å². The molecule has 1 aliphatic rings. The molecule has 0 atom stereocenters. The van der Waals surface area contributed by atoms with Crippen molar-refractivity contribution in [2.75, 3.05) is 40.4 Å². The number of carbonyl (C=O) groups excluding carboxylic acids is 2. The molecule has 152 valence electrons. The van der Waals surface area contributed by atoms with Crippen molar-refractivity contribution in [2.24, 2.45) is 5.92 Å². The van der Waals surface area contributed by atoms with Crippen LogP contribution in [-0.4, -0.2) is 73.1 Å². The highest BCUT2D eigenvalue weighted by Gasteiger charge is 2.28. The van der Waals surface area contributed by atoms with E-state index in [9.17, 15) is 14.4 Å². The van der Waals surface area contributed by atoms with Crippen molar-refractivity contribution in [2.45, 2.75) is 12.8 Å². The lowest BCUT2D eigenvalue weighted by atomic mass is 9.97. The Morgan fingerprint density at radius 2 is 2.00 bits per heavy atom. The molecule has 8 heteroatoms. The van der Waals surface area contributed by atoms with E-state index in [1.165, 1.54) is 12.0 Å². The Morgan fingerprint density at radius 1 is 1.32 bits per heavy atom. The lowest BCUT2D eigenvalue weighted by Gasteiger charge is -2.31. The quantitative estimate of drug-likeness (QED) is 0.678. The number of piperidine rings is 1. The fourth-order valence-electron chi connectivity index (χ4n) is 3.03. The molecule has 2 rings (SSSR count). The predicted molar refractivity (Wildman–Crippen MR) is 103 cm³/mol. The third-order valence-electron chi connectivity index (χ3n) is 4.69. The van der Waals surface area contributed by atoms with Gasteiger partial charge in [0.1, 0.15) is 18.1 Å². The standard InChI is InChI=1S/C20H26N2O6/c1-4-11-28-17-12-15(27-3)5-6-16(17)19(24)21(2)13-18(23)22-9-7-14(8-10-22)20(25)26/h4-6,12,14H,1,7-11,13H2,2-3H3,(H,25,26). The number of rotatable bonds is 8. The Bertz CT molecular complexity index is 740. The summed E-state index contributed by atoms with van der Waals surface area (Å²) in [5.41, 5.74) is 0.322. The van der Waals surface area contributed by atoms with Crippen LogP contribution in [0.15, 0.2) is 30.9 Å². The number of likely N-dealkylation sites (N-methyl/N-ethyl adjacent to an activating group) is 1. The van der Waals surface area contributed by atoms with Gasteiger partial charge in [0.15, 0.2) is 0 Å². The van der Waals surface area contributed by atoms with E-state index in [4.69, 9.17) is 14.6 Å². The van der Waals surface area contributed by atoms with Gasteiger partial charge < -0.3 is 24.4 Å². The van der Waals surface area contributed by atoms with Gasteiger partial charge in [-0.05, 0) is 25.0 Å². The molecular weight excluding hydrogens is 364 g/mol. The van der Waals surface area contributed by atoms with Crippen LogP contribution in [0.2, 0.25) is 0 Å². The number of ether oxygens (including phenoxy) is 2. The summed E-state index contributed by atoms with van der Waals surface area (Å²) < 4.78 is 10.7. The third-order valence-corrected chi connectivity index (χ3v) is 4.69. The molecule has 0 saturated carbocycles. The molecule has 0 bridgehead atoms. The van der Waals surface area contributed by atoms with Crippen molar-refractivity contribution in [1.82, 2.24) is 9.80 Å². The van der Waals surface area contributed by atoms with Crippen LogP contribution in [0.4, 0.5) is 0 Å². The smallest absolute Gasteiger partial charge is 0.306 e. The molecule has 0 unspecified atom stereocenters. The van der Waals surface area contributed by atoms with E-state index in [1.807, 2.05) is 0 Å². The summed E-state index contributed by atoms with van der Waals surface area (Å²) in [4.78, 5) is 39.3. The number of methoxy groups -OCH3 is 1. The first-order valence-electron chi connectivity index (χ1n) is 9.05. The Hall–Kier alpha value is -3.03. The van der Waals surface area contributed by atoms with Gasteiger partial charge in [-0.25, -0.2) is 0 Å². The Morgan fingerprint density at radius 3 is 2.57 bits per heavy atom. The zero-order valence-electron chi connectivity index (χ0n) is 16.2. The molecule has 1 aromatic rings. The SMILES string of the molecule is C=CCOc1cc(OC)ccc1C(=O)N(C)CC(=O)N1CCC(C(=O)O)CC1. The molecule has 1 heterocycles. The van der Waals surface area contributed by atoms with E-state index in [1.54, 1.807) is 36.2 Å². The second kappa shape index (κ2) is 9.77.